The number of amides is 1. The second-order valence-electron chi connectivity index (χ2n) is 7.27. The molecule has 178 valence electrons. The lowest BCUT2D eigenvalue weighted by molar-refractivity contribution is -0.119. The van der Waals surface area contributed by atoms with E-state index < -0.39 is 11.9 Å². The van der Waals surface area contributed by atoms with Crippen molar-refractivity contribution in [3.05, 3.63) is 45.9 Å². The zero-order valence-electron chi connectivity index (χ0n) is 18.7. The summed E-state index contributed by atoms with van der Waals surface area (Å²) in [4.78, 5) is 25.6. The van der Waals surface area contributed by atoms with Crippen molar-refractivity contribution in [3.63, 3.8) is 0 Å². The number of carbonyl (C=O) groups excluding carboxylic acids is 2. The topological polar surface area (TPSA) is 112 Å². The molecule has 0 aromatic heterocycles. The van der Waals surface area contributed by atoms with E-state index in [9.17, 15) is 9.59 Å². The number of benzene rings is 2. The highest BCUT2D eigenvalue weighted by Gasteiger charge is 2.20. The molecule has 0 spiro atoms. The van der Waals surface area contributed by atoms with E-state index in [2.05, 4.69) is 26.1 Å². The largest absolute Gasteiger partial charge is 0.490 e. The van der Waals surface area contributed by atoms with E-state index in [0.717, 1.165) is 30.0 Å². The first-order valence-electron chi connectivity index (χ1n) is 10.6. The third kappa shape index (κ3) is 6.52. The van der Waals surface area contributed by atoms with Gasteiger partial charge in [-0.25, -0.2) is 4.79 Å². The van der Waals surface area contributed by atoms with Crippen LogP contribution in [0.3, 0.4) is 0 Å². The molecule has 1 amide bonds. The molecule has 3 N–H and O–H groups in total. The number of halogens is 1. The van der Waals surface area contributed by atoms with Gasteiger partial charge in [0, 0.05) is 25.3 Å². The molecule has 9 nitrogen and oxygen atoms in total. The molecular weight excluding hydrogens is 494 g/mol. The number of hydrogen-bond acceptors (Lipinski definition) is 8. The number of rotatable bonds is 10. The Morgan fingerprint density at radius 1 is 1.18 bits per heavy atom. The number of carbonyl (C=O) groups is 2. The molecule has 2 aromatic rings. The van der Waals surface area contributed by atoms with Crippen molar-refractivity contribution in [2.45, 2.75) is 13.5 Å². The van der Waals surface area contributed by atoms with E-state index in [1.165, 1.54) is 7.11 Å². The molecule has 0 unspecified atom stereocenters. The SMILES string of the molecule is CCOc1cc(CNc2ccc(N3CCOCC3)c(C(=O)OC)c2)cc(Br)c1OCC(N)=O. The van der Waals surface area contributed by atoms with Gasteiger partial charge in [0.15, 0.2) is 18.1 Å². The molecule has 10 heteroatoms. The Morgan fingerprint density at radius 3 is 2.61 bits per heavy atom. The molecule has 1 heterocycles. The normalized spacial score (nSPS) is 13.4. The first-order chi connectivity index (χ1) is 15.9. The van der Waals surface area contributed by atoms with Crippen LogP contribution in [0.1, 0.15) is 22.8 Å². The summed E-state index contributed by atoms with van der Waals surface area (Å²) in [6.07, 6.45) is 0. The van der Waals surface area contributed by atoms with Crippen molar-refractivity contribution in [2.24, 2.45) is 5.73 Å². The Hall–Kier alpha value is -2.98. The zero-order chi connectivity index (χ0) is 23.8. The number of nitrogens with zero attached hydrogens (tertiary/aromatic N) is 1. The van der Waals surface area contributed by atoms with Gasteiger partial charge in [0.25, 0.3) is 5.91 Å². The molecule has 1 fully saturated rings. The number of hydrogen-bond donors (Lipinski definition) is 2. The minimum absolute atomic E-state index is 0.248. The van der Waals surface area contributed by atoms with Gasteiger partial charge in [0.1, 0.15) is 0 Å². The highest BCUT2D eigenvalue weighted by Crippen LogP contribution is 2.37. The molecule has 0 atom stereocenters. The van der Waals surface area contributed by atoms with Gasteiger partial charge in [0.05, 0.1) is 42.7 Å². The summed E-state index contributed by atoms with van der Waals surface area (Å²) in [5.41, 5.74) is 8.19. The van der Waals surface area contributed by atoms with Crippen molar-refractivity contribution < 1.29 is 28.5 Å². The quantitative estimate of drug-likeness (QED) is 0.459. The highest BCUT2D eigenvalue weighted by molar-refractivity contribution is 9.10. The molecule has 1 aliphatic rings. The summed E-state index contributed by atoms with van der Waals surface area (Å²) in [6, 6.07) is 9.35. The summed E-state index contributed by atoms with van der Waals surface area (Å²) in [5.74, 6) is -0.0421. The predicted octanol–water partition coefficient (Wildman–Crippen LogP) is 2.95. The van der Waals surface area contributed by atoms with Gasteiger partial charge >= 0.3 is 5.97 Å². The second-order valence-corrected chi connectivity index (χ2v) is 8.12. The summed E-state index contributed by atoms with van der Waals surface area (Å²) in [5, 5.41) is 3.33. The van der Waals surface area contributed by atoms with E-state index in [-0.39, 0.29) is 6.61 Å². The number of ether oxygens (including phenoxy) is 4. The van der Waals surface area contributed by atoms with Crippen LogP contribution in [-0.4, -0.2) is 58.5 Å². The predicted molar refractivity (Wildman–Crippen MR) is 128 cm³/mol. The van der Waals surface area contributed by atoms with Crippen LogP contribution in [-0.2, 0) is 20.8 Å². The number of primary amides is 1. The van der Waals surface area contributed by atoms with E-state index in [1.54, 1.807) is 6.07 Å². The van der Waals surface area contributed by atoms with Crippen LogP contribution in [0.5, 0.6) is 11.5 Å². The fourth-order valence-electron chi connectivity index (χ4n) is 3.47. The number of nitrogens with one attached hydrogen (secondary N) is 1. The highest BCUT2D eigenvalue weighted by atomic mass is 79.9. The van der Waals surface area contributed by atoms with Gasteiger partial charge in [-0.1, -0.05) is 0 Å². The lowest BCUT2D eigenvalue weighted by Crippen LogP contribution is -2.37. The van der Waals surface area contributed by atoms with Crippen molar-refractivity contribution in [3.8, 4) is 11.5 Å². The molecule has 1 saturated heterocycles. The van der Waals surface area contributed by atoms with Gasteiger partial charge in [-0.2, -0.15) is 0 Å². The fraction of sp³-hybridized carbons (Fsp3) is 0.391. The Labute approximate surface area is 201 Å². The van der Waals surface area contributed by atoms with E-state index in [1.807, 2.05) is 31.2 Å². The van der Waals surface area contributed by atoms with Crippen LogP contribution in [0, 0.1) is 0 Å². The van der Waals surface area contributed by atoms with Crippen LogP contribution in [0.25, 0.3) is 0 Å². The Morgan fingerprint density at radius 2 is 1.94 bits per heavy atom. The van der Waals surface area contributed by atoms with E-state index in [4.69, 9.17) is 24.7 Å². The molecule has 0 bridgehead atoms. The number of methoxy groups -OCH3 is 1. The summed E-state index contributed by atoms with van der Waals surface area (Å²) in [7, 11) is 1.38. The average Bonchev–Trinajstić information content (AvgIpc) is 2.82. The number of esters is 1. The molecule has 3 rings (SSSR count). The second kappa shape index (κ2) is 11.8. The maximum Gasteiger partial charge on any atom is 0.340 e. The monoisotopic (exact) mass is 521 g/mol. The molecule has 0 radical (unpaired) electrons. The maximum atomic E-state index is 12.4. The van der Waals surface area contributed by atoms with Crippen molar-refractivity contribution in [1.29, 1.82) is 0 Å². The minimum atomic E-state index is -0.572. The summed E-state index contributed by atoms with van der Waals surface area (Å²) < 4.78 is 22.2. The molecule has 0 saturated carbocycles. The van der Waals surface area contributed by atoms with Gasteiger partial charge < -0.3 is 34.9 Å². The van der Waals surface area contributed by atoms with Crippen LogP contribution in [0.4, 0.5) is 11.4 Å². The Bertz CT molecular complexity index is 994. The standard InChI is InChI=1S/C23H28BrN3O6/c1-3-32-20-11-15(10-18(24)22(20)33-14-21(25)28)13-26-16-4-5-19(17(12-16)23(29)30-2)27-6-8-31-9-7-27/h4-5,10-12,26H,3,6-9,13-14H2,1-2H3,(H2,25,28). The smallest absolute Gasteiger partial charge is 0.340 e. The molecular formula is C23H28BrN3O6. The first-order valence-corrected chi connectivity index (χ1v) is 11.4. The van der Waals surface area contributed by atoms with Gasteiger partial charge in [-0.05, 0) is 58.7 Å². The average molecular weight is 522 g/mol. The van der Waals surface area contributed by atoms with Gasteiger partial charge in [-0.3, -0.25) is 4.79 Å². The van der Waals surface area contributed by atoms with Crippen molar-refractivity contribution in [1.82, 2.24) is 0 Å². The lowest BCUT2D eigenvalue weighted by Gasteiger charge is -2.30. The molecule has 33 heavy (non-hydrogen) atoms. The van der Waals surface area contributed by atoms with Crippen LogP contribution < -0.4 is 25.4 Å². The van der Waals surface area contributed by atoms with Crippen molar-refractivity contribution in [2.75, 3.05) is 56.8 Å². The number of morpholine rings is 1. The third-order valence-corrected chi connectivity index (χ3v) is 5.57. The Kier molecular flexibility index (Phi) is 8.79. The van der Waals surface area contributed by atoms with Crippen LogP contribution in [0.2, 0.25) is 0 Å². The lowest BCUT2D eigenvalue weighted by atomic mass is 10.1. The fourth-order valence-corrected chi connectivity index (χ4v) is 4.08. The minimum Gasteiger partial charge on any atom is -0.490 e. The number of nitrogens with two attached hydrogens (primary N) is 1. The Balaban J connectivity index is 1.79. The third-order valence-electron chi connectivity index (χ3n) is 4.98. The molecule has 0 aliphatic carbocycles. The van der Waals surface area contributed by atoms with Crippen LogP contribution >= 0.6 is 15.9 Å². The first kappa shape index (κ1) is 24.7. The maximum absolute atomic E-state index is 12.4. The summed E-state index contributed by atoms with van der Waals surface area (Å²) in [6.45, 7) is 5.19. The summed E-state index contributed by atoms with van der Waals surface area (Å²) >= 11 is 3.48. The molecule has 2 aromatic carbocycles. The van der Waals surface area contributed by atoms with Gasteiger partial charge in [-0.15, -0.1) is 0 Å². The van der Waals surface area contributed by atoms with E-state index >= 15 is 0 Å². The zero-order valence-corrected chi connectivity index (χ0v) is 20.3. The number of anilines is 2. The van der Waals surface area contributed by atoms with Crippen LogP contribution in [0.15, 0.2) is 34.8 Å². The molecule has 1 aliphatic heterocycles. The van der Waals surface area contributed by atoms with Gasteiger partial charge in [0.2, 0.25) is 0 Å². The van der Waals surface area contributed by atoms with Crippen molar-refractivity contribution >= 4 is 39.2 Å². The van der Waals surface area contributed by atoms with E-state index in [0.29, 0.717) is 47.9 Å².